The average molecular weight is 248 g/mol. The van der Waals surface area contributed by atoms with Crippen molar-refractivity contribution in [2.75, 3.05) is 44.7 Å². The minimum Gasteiger partial charge on any atom is -0.497 e. The largest absolute Gasteiger partial charge is 0.497 e. The van der Waals surface area contributed by atoms with E-state index < -0.39 is 0 Å². The Bertz CT molecular complexity index is 412. The summed E-state index contributed by atoms with van der Waals surface area (Å²) in [5, 5.41) is 0. The zero-order chi connectivity index (χ0) is 13.0. The van der Waals surface area contributed by atoms with Gasteiger partial charge in [-0.05, 0) is 19.1 Å². The highest BCUT2D eigenvalue weighted by molar-refractivity contribution is 5.77. The Kier molecular flexibility index (Phi) is 4.20. The summed E-state index contributed by atoms with van der Waals surface area (Å²) < 4.78 is 5.24. The van der Waals surface area contributed by atoms with Crippen molar-refractivity contribution in [3.05, 3.63) is 24.3 Å². The topological polar surface area (TPSA) is 32.8 Å². The molecule has 0 N–H and O–H groups in total. The number of rotatable bonds is 4. The van der Waals surface area contributed by atoms with Crippen LogP contribution in [-0.2, 0) is 4.79 Å². The van der Waals surface area contributed by atoms with Crippen molar-refractivity contribution < 1.29 is 9.53 Å². The molecule has 0 bridgehead atoms. The van der Waals surface area contributed by atoms with E-state index in [1.807, 2.05) is 12.1 Å². The minimum absolute atomic E-state index is 0.241. The van der Waals surface area contributed by atoms with E-state index >= 15 is 0 Å². The second kappa shape index (κ2) is 5.87. The zero-order valence-corrected chi connectivity index (χ0v) is 11.1. The van der Waals surface area contributed by atoms with Crippen LogP contribution in [0.2, 0.25) is 0 Å². The average Bonchev–Trinajstić information content (AvgIpc) is 2.39. The van der Waals surface area contributed by atoms with Crippen LogP contribution in [0.25, 0.3) is 0 Å². The molecule has 1 aromatic carbocycles. The van der Waals surface area contributed by atoms with Crippen molar-refractivity contribution in [1.82, 2.24) is 4.90 Å². The van der Waals surface area contributed by atoms with Crippen LogP contribution in [0.1, 0.15) is 6.92 Å². The first-order chi connectivity index (χ1) is 8.69. The van der Waals surface area contributed by atoms with Gasteiger partial charge in [0.05, 0.1) is 13.7 Å². The summed E-state index contributed by atoms with van der Waals surface area (Å²) in [4.78, 5) is 15.6. The second-order valence-electron chi connectivity index (χ2n) is 4.67. The number of piperazine rings is 1. The molecule has 1 heterocycles. The smallest absolute Gasteiger partial charge is 0.143 e. The molecular formula is C14H20N2O2. The Morgan fingerprint density at radius 1 is 1.28 bits per heavy atom. The van der Waals surface area contributed by atoms with Gasteiger partial charge in [0.2, 0.25) is 0 Å². The van der Waals surface area contributed by atoms with Gasteiger partial charge in [-0.2, -0.15) is 0 Å². The van der Waals surface area contributed by atoms with Crippen LogP contribution >= 0.6 is 0 Å². The highest BCUT2D eigenvalue weighted by atomic mass is 16.5. The van der Waals surface area contributed by atoms with Crippen LogP contribution in [0, 0.1) is 0 Å². The SMILES string of the molecule is COc1cccc(N2CCN(CC(C)=O)CC2)c1. The van der Waals surface area contributed by atoms with Crippen LogP contribution in [-0.4, -0.2) is 50.5 Å². The number of hydrogen-bond acceptors (Lipinski definition) is 4. The maximum atomic E-state index is 11.1. The van der Waals surface area contributed by atoms with Gasteiger partial charge < -0.3 is 9.64 Å². The van der Waals surface area contributed by atoms with Crippen LogP contribution in [0.15, 0.2) is 24.3 Å². The fourth-order valence-corrected chi connectivity index (χ4v) is 2.29. The third-order valence-electron chi connectivity index (χ3n) is 3.24. The molecule has 0 aliphatic carbocycles. The highest BCUT2D eigenvalue weighted by Gasteiger charge is 2.18. The number of carbonyl (C=O) groups is 1. The fraction of sp³-hybridized carbons (Fsp3) is 0.500. The number of anilines is 1. The summed E-state index contributed by atoms with van der Waals surface area (Å²) in [5.41, 5.74) is 1.19. The predicted octanol–water partition coefficient (Wildman–Crippen LogP) is 1.41. The first-order valence-corrected chi connectivity index (χ1v) is 6.30. The van der Waals surface area contributed by atoms with E-state index in [1.165, 1.54) is 5.69 Å². The summed E-state index contributed by atoms with van der Waals surface area (Å²) >= 11 is 0. The van der Waals surface area contributed by atoms with Crippen LogP contribution in [0.5, 0.6) is 5.75 Å². The molecule has 0 radical (unpaired) electrons. The molecule has 18 heavy (non-hydrogen) atoms. The number of carbonyl (C=O) groups excluding carboxylic acids is 1. The molecule has 98 valence electrons. The van der Waals surface area contributed by atoms with E-state index in [0.717, 1.165) is 31.9 Å². The lowest BCUT2D eigenvalue weighted by Crippen LogP contribution is -2.47. The molecule has 2 rings (SSSR count). The second-order valence-corrected chi connectivity index (χ2v) is 4.67. The molecule has 0 unspecified atom stereocenters. The summed E-state index contributed by atoms with van der Waals surface area (Å²) in [6.07, 6.45) is 0. The molecule has 0 saturated carbocycles. The minimum atomic E-state index is 0.241. The molecule has 1 fully saturated rings. The van der Waals surface area contributed by atoms with Gasteiger partial charge in [0.15, 0.2) is 0 Å². The molecule has 4 nitrogen and oxygen atoms in total. The number of methoxy groups -OCH3 is 1. The Balaban J connectivity index is 1.94. The quantitative estimate of drug-likeness (QED) is 0.806. The van der Waals surface area contributed by atoms with Gasteiger partial charge in [-0.3, -0.25) is 9.69 Å². The molecular weight excluding hydrogens is 228 g/mol. The number of benzene rings is 1. The van der Waals surface area contributed by atoms with Gasteiger partial charge in [0.25, 0.3) is 0 Å². The first-order valence-electron chi connectivity index (χ1n) is 6.30. The molecule has 4 heteroatoms. The lowest BCUT2D eigenvalue weighted by molar-refractivity contribution is -0.118. The summed E-state index contributed by atoms with van der Waals surface area (Å²) in [7, 11) is 1.68. The normalized spacial score (nSPS) is 16.7. The van der Waals surface area contributed by atoms with Crippen LogP contribution in [0.4, 0.5) is 5.69 Å². The Morgan fingerprint density at radius 3 is 2.61 bits per heavy atom. The maximum Gasteiger partial charge on any atom is 0.143 e. The van der Waals surface area contributed by atoms with Gasteiger partial charge in [0.1, 0.15) is 11.5 Å². The van der Waals surface area contributed by atoms with Crippen molar-refractivity contribution in [3.63, 3.8) is 0 Å². The number of ether oxygens (including phenoxy) is 1. The summed E-state index contributed by atoms with van der Waals surface area (Å²) in [5.74, 6) is 1.13. The molecule has 1 saturated heterocycles. The van der Waals surface area contributed by atoms with Gasteiger partial charge in [-0.1, -0.05) is 6.07 Å². The van der Waals surface area contributed by atoms with Crippen molar-refractivity contribution >= 4 is 11.5 Å². The van der Waals surface area contributed by atoms with Crippen LogP contribution in [0.3, 0.4) is 0 Å². The summed E-state index contributed by atoms with van der Waals surface area (Å²) in [6.45, 7) is 6.02. The zero-order valence-electron chi connectivity index (χ0n) is 11.1. The van der Waals surface area contributed by atoms with Gasteiger partial charge >= 0.3 is 0 Å². The third-order valence-corrected chi connectivity index (χ3v) is 3.24. The van der Waals surface area contributed by atoms with E-state index in [2.05, 4.69) is 21.9 Å². The summed E-state index contributed by atoms with van der Waals surface area (Å²) in [6, 6.07) is 8.12. The van der Waals surface area contributed by atoms with E-state index in [1.54, 1.807) is 14.0 Å². The van der Waals surface area contributed by atoms with Crippen LogP contribution < -0.4 is 9.64 Å². The Hall–Kier alpha value is -1.55. The lowest BCUT2D eigenvalue weighted by Gasteiger charge is -2.35. The van der Waals surface area contributed by atoms with Gasteiger partial charge in [-0.25, -0.2) is 0 Å². The van der Waals surface area contributed by atoms with Crippen molar-refractivity contribution in [1.29, 1.82) is 0 Å². The molecule has 0 aromatic heterocycles. The number of ketones is 1. The standard InChI is InChI=1S/C14H20N2O2/c1-12(17)11-15-6-8-16(9-7-15)13-4-3-5-14(10-13)18-2/h3-5,10H,6-9,11H2,1-2H3. The highest BCUT2D eigenvalue weighted by Crippen LogP contribution is 2.21. The van der Waals surface area contributed by atoms with Gasteiger partial charge in [0, 0.05) is 37.9 Å². The van der Waals surface area contributed by atoms with Crippen molar-refractivity contribution in [2.24, 2.45) is 0 Å². The number of hydrogen-bond donors (Lipinski definition) is 0. The molecule has 0 amide bonds. The van der Waals surface area contributed by atoms with E-state index in [9.17, 15) is 4.79 Å². The number of Topliss-reactive ketones (excluding diaryl/α,β-unsaturated/α-hetero) is 1. The van der Waals surface area contributed by atoms with Crippen molar-refractivity contribution in [2.45, 2.75) is 6.92 Å². The first kappa shape index (κ1) is 12.9. The number of nitrogens with zero attached hydrogens (tertiary/aromatic N) is 2. The Morgan fingerprint density at radius 2 is 2.00 bits per heavy atom. The van der Waals surface area contributed by atoms with Gasteiger partial charge in [-0.15, -0.1) is 0 Å². The van der Waals surface area contributed by atoms with E-state index in [0.29, 0.717) is 6.54 Å². The Labute approximate surface area is 108 Å². The molecule has 1 aromatic rings. The molecule has 1 aliphatic rings. The van der Waals surface area contributed by atoms with Crippen molar-refractivity contribution in [3.8, 4) is 5.75 Å². The predicted molar refractivity (Wildman–Crippen MR) is 72.3 cm³/mol. The maximum absolute atomic E-state index is 11.1. The molecule has 1 aliphatic heterocycles. The molecule has 0 spiro atoms. The van der Waals surface area contributed by atoms with E-state index in [4.69, 9.17) is 4.74 Å². The lowest BCUT2D eigenvalue weighted by atomic mass is 10.2. The third kappa shape index (κ3) is 3.23. The fourth-order valence-electron chi connectivity index (χ4n) is 2.29. The monoisotopic (exact) mass is 248 g/mol. The molecule has 0 atom stereocenters. The van der Waals surface area contributed by atoms with E-state index in [-0.39, 0.29) is 5.78 Å².